The number of aromatic hydroxyl groups is 1. The molecule has 0 spiro atoms. The summed E-state index contributed by atoms with van der Waals surface area (Å²) in [6.07, 6.45) is 1.58. The second-order valence-corrected chi connectivity index (χ2v) is 4.04. The fourth-order valence-corrected chi connectivity index (χ4v) is 1.59. The van der Waals surface area contributed by atoms with E-state index in [1.807, 2.05) is 0 Å². The van der Waals surface area contributed by atoms with E-state index >= 15 is 0 Å². The van der Waals surface area contributed by atoms with Crippen LogP contribution in [0.3, 0.4) is 0 Å². The molecule has 0 saturated carbocycles. The van der Waals surface area contributed by atoms with E-state index in [0.717, 1.165) is 0 Å². The average molecular weight is 266 g/mol. The number of carbonyl (C=O) groups is 2. The Morgan fingerprint density at radius 2 is 2.11 bits per heavy atom. The molecule has 0 radical (unpaired) electrons. The summed E-state index contributed by atoms with van der Waals surface area (Å²) < 4.78 is 4.92. The van der Waals surface area contributed by atoms with Gasteiger partial charge in [0.25, 0.3) is 5.91 Å². The van der Waals surface area contributed by atoms with Gasteiger partial charge in [-0.25, -0.2) is 0 Å². The Morgan fingerprint density at radius 3 is 2.74 bits per heavy atom. The Labute approximate surface area is 111 Å². The van der Waals surface area contributed by atoms with Crippen LogP contribution in [0.4, 0.5) is 0 Å². The van der Waals surface area contributed by atoms with Crippen LogP contribution >= 0.6 is 0 Å². The Morgan fingerprint density at radius 1 is 1.37 bits per heavy atom. The number of rotatable bonds is 7. The lowest BCUT2D eigenvalue weighted by Gasteiger charge is -2.09. The van der Waals surface area contributed by atoms with Crippen molar-refractivity contribution in [2.45, 2.75) is 19.3 Å². The zero-order valence-electron chi connectivity index (χ0n) is 10.8. The Bertz CT molecular complexity index is 460. The van der Waals surface area contributed by atoms with Crippen LogP contribution in [0.2, 0.25) is 0 Å². The number of ether oxygens (including phenoxy) is 1. The predicted octanol–water partition coefficient (Wildman–Crippen LogP) is 0.786. The number of hydrogen-bond acceptors (Lipinski definition) is 4. The van der Waals surface area contributed by atoms with Gasteiger partial charge >= 0.3 is 0 Å². The Hall–Kier alpha value is -2.24. The zero-order valence-corrected chi connectivity index (χ0v) is 10.8. The summed E-state index contributed by atoms with van der Waals surface area (Å²) in [7, 11) is 1.42. The first-order chi connectivity index (χ1) is 9.06. The second-order valence-electron chi connectivity index (χ2n) is 4.04. The smallest absolute Gasteiger partial charge is 0.255 e. The number of carbonyl (C=O) groups excluding carboxylic acids is 2. The molecule has 0 fully saturated rings. The minimum absolute atomic E-state index is 0.161. The van der Waals surface area contributed by atoms with E-state index in [1.165, 1.54) is 13.2 Å². The van der Waals surface area contributed by atoms with Crippen molar-refractivity contribution in [2.75, 3.05) is 13.7 Å². The van der Waals surface area contributed by atoms with Gasteiger partial charge in [0.05, 0.1) is 12.7 Å². The summed E-state index contributed by atoms with van der Waals surface area (Å²) in [5.41, 5.74) is 5.17. The number of phenolic OH excluding ortho intramolecular Hbond substituents is 1. The van der Waals surface area contributed by atoms with Gasteiger partial charge in [0.15, 0.2) is 11.5 Å². The molecule has 0 unspecified atom stereocenters. The van der Waals surface area contributed by atoms with Gasteiger partial charge in [-0.05, 0) is 25.0 Å². The molecule has 6 nitrogen and oxygen atoms in total. The molecule has 2 amide bonds. The number of nitrogens with one attached hydrogen (secondary N) is 1. The van der Waals surface area contributed by atoms with Crippen molar-refractivity contribution in [2.24, 2.45) is 5.73 Å². The van der Waals surface area contributed by atoms with Crippen molar-refractivity contribution in [3.05, 3.63) is 23.8 Å². The van der Waals surface area contributed by atoms with Gasteiger partial charge in [-0.3, -0.25) is 9.59 Å². The lowest BCUT2D eigenvalue weighted by Crippen LogP contribution is -2.24. The van der Waals surface area contributed by atoms with Crippen LogP contribution in [-0.2, 0) is 4.79 Å². The molecule has 0 saturated heterocycles. The summed E-state index contributed by atoms with van der Waals surface area (Å²) >= 11 is 0. The molecule has 4 N–H and O–H groups in total. The number of primary amides is 1. The van der Waals surface area contributed by atoms with Crippen LogP contribution in [0.25, 0.3) is 0 Å². The van der Waals surface area contributed by atoms with E-state index in [9.17, 15) is 14.7 Å². The standard InChI is InChI=1S/C13H18N2O4/c1-19-10-6-4-5-9(12(10)17)13(18)15-8-3-2-7-11(14)16/h4-6,17H,2-3,7-8H2,1H3,(H2,14,16)(H,15,18). The van der Waals surface area contributed by atoms with Crippen LogP contribution in [0, 0.1) is 0 Å². The molecule has 1 rings (SSSR count). The number of benzene rings is 1. The highest BCUT2D eigenvalue weighted by Crippen LogP contribution is 2.29. The third-order valence-corrected chi connectivity index (χ3v) is 2.60. The molecule has 0 bridgehead atoms. The highest BCUT2D eigenvalue weighted by molar-refractivity contribution is 5.97. The molecule has 1 aromatic rings. The molecular weight excluding hydrogens is 248 g/mol. The van der Waals surface area contributed by atoms with E-state index in [2.05, 4.69) is 5.32 Å². The molecular formula is C13H18N2O4. The first-order valence-corrected chi connectivity index (χ1v) is 5.98. The Balaban J connectivity index is 2.48. The van der Waals surface area contributed by atoms with E-state index < -0.39 is 0 Å². The maximum atomic E-state index is 11.8. The number of para-hydroxylation sites is 1. The van der Waals surface area contributed by atoms with Crippen molar-refractivity contribution >= 4 is 11.8 Å². The first-order valence-electron chi connectivity index (χ1n) is 5.98. The number of unbranched alkanes of at least 4 members (excludes halogenated alkanes) is 1. The number of phenols is 1. The lowest BCUT2D eigenvalue weighted by atomic mass is 10.1. The van der Waals surface area contributed by atoms with E-state index in [4.69, 9.17) is 10.5 Å². The first kappa shape index (κ1) is 14.8. The van der Waals surface area contributed by atoms with Crippen molar-refractivity contribution in [3.8, 4) is 11.5 Å². The summed E-state index contributed by atoms with van der Waals surface area (Å²) in [4.78, 5) is 22.3. The SMILES string of the molecule is COc1cccc(C(=O)NCCCCC(N)=O)c1O. The van der Waals surface area contributed by atoms with Gasteiger partial charge in [-0.1, -0.05) is 6.07 Å². The molecule has 0 heterocycles. The van der Waals surface area contributed by atoms with E-state index in [-0.39, 0.29) is 28.9 Å². The van der Waals surface area contributed by atoms with Gasteiger partial charge in [0.1, 0.15) is 0 Å². The van der Waals surface area contributed by atoms with Crippen molar-refractivity contribution in [1.29, 1.82) is 0 Å². The zero-order chi connectivity index (χ0) is 14.3. The molecule has 0 aliphatic heterocycles. The van der Waals surface area contributed by atoms with E-state index in [0.29, 0.717) is 25.8 Å². The topological polar surface area (TPSA) is 102 Å². The van der Waals surface area contributed by atoms with Gasteiger partial charge in [0, 0.05) is 13.0 Å². The van der Waals surface area contributed by atoms with Crippen molar-refractivity contribution in [3.63, 3.8) is 0 Å². The number of nitrogens with two attached hydrogens (primary N) is 1. The highest BCUT2D eigenvalue weighted by Gasteiger charge is 2.13. The van der Waals surface area contributed by atoms with Crippen LogP contribution in [0.15, 0.2) is 18.2 Å². The molecule has 0 aromatic heterocycles. The average Bonchev–Trinajstić information content (AvgIpc) is 2.38. The summed E-state index contributed by atoms with van der Waals surface area (Å²) in [5.74, 6) is -0.659. The molecule has 6 heteroatoms. The normalized spacial score (nSPS) is 9.95. The number of amides is 2. The molecule has 19 heavy (non-hydrogen) atoms. The molecule has 0 atom stereocenters. The monoisotopic (exact) mass is 266 g/mol. The maximum absolute atomic E-state index is 11.8. The quantitative estimate of drug-likeness (QED) is 0.635. The Kier molecular flexibility index (Phi) is 5.66. The number of hydrogen-bond donors (Lipinski definition) is 3. The van der Waals surface area contributed by atoms with Crippen LogP contribution < -0.4 is 15.8 Å². The van der Waals surface area contributed by atoms with E-state index in [1.54, 1.807) is 12.1 Å². The van der Waals surface area contributed by atoms with Gasteiger partial charge in [0.2, 0.25) is 5.91 Å². The molecule has 0 aliphatic rings. The minimum Gasteiger partial charge on any atom is -0.504 e. The molecule has 0 aliphatic carbocycles. The summed E-state index contributed by atoms with van der Waals surface area (Å²) in [6.45, 7) is 0.419. The highest BCUT2D eigenvalue weighted by atomic mass is 16.5. The van der Waals surface area contributed by atoms with Crippen LogP contribution in [-0.4, -0.2) is 30.6 Å². The largest absolute Gasteiger partial charge is 0.504 e. The van der Waals surface area contributed by atoms with Crippen molar-refractivity contribution in [1.82, 2.24) is 5.32 Å². The molecule has 1 aromatic carbocycles. The fraction of sp³-hybridized carbons (Fsp3) is 0.385. The van der Waals surface area contributed by atoms with Gasteiger partial charge < -0.3 is 20.9 Å². The van der Waals surface area contributed by atoms with Crippen LogP contribution in [0.1, 0.15) is 29.6 Å². The number of methoxy groups -OCH3 is 1. The third-order valence-electron chi connectivity index (χ3n) is 2.60. The third kappa shape index (κ3) is 4.50. The maximum Gasteiger partial charge on any atom is 0.255 e. The van der Waals surface area contributed by atoms with Gasteiger partial charge in [-0.2, -0.15) is 0 Å². The summed E-state index contributed by atoms with van der Waals surface area (Å²) in [6, 6.07) is 4.70. The minimum atomic E-state index is -0.379. The summed E-state index contributed by atoms with van der Waals surface area (Å²) in [5, 5.41) is 12.4. The lowest BCUT2D eigenvalue weighted by molar-refractivity contribution is -0.118. The van der Waals surface area contributed by atoms with Crippen molar-refractivity contribution < 1.29 is 19.4 Å². The predicted molar refractivity (Wildman–Crippen MR) is 70.0 cm³/mol. The fourth-order valence-electron chi connectivity index (χ4n) is 1.59. The second kappa shape index (κ2) is 7.25. The van der Waals surface area contributed by atoms with Gasteiger partial charge in [-0.15, -0.1) is 0 Å². The van der Waals surface area contributed by atoms with Crippen LogP contribution in [0.5, 0.6) is 11.5 Å². The molecule has 104 valence electrons.